The fourth-order valence-electron chi connectivity index (χ4n) is 12.1. The van der Waals surface area contributed by atoms with E-state index in [-0.39, 0.29) is 0 Å². The molecule has 0 saturated carbocycles. The van der Waals surface area contributed by atoms with Gasteiger partial charge in [-0.05, 0) is 96.1 Å². The van der Waals surface area contributed by atoms with Crippen molar-refractivity contribution in [3.05, 3.63) is 237 Å². The van der Waals surface area contributed by atoms with Gasteiger partial charge >= 0.3 is 0 Å². The summed E-state index contributed by atoms with van der Waals surface area (Å²) < 4.78 is 16.5. The highest BCUT2D eigenvalue weighted by molar-refractivity contribution is 7.26. The minimum absolute atomic E-state index is 0.589. The SMILES string of the molecule is c1ccc(-n2c3ccccc3c3ccc4c5cc(-c6ccc7oc8cccc(-c9nc(-c%10ccc%11c(c%10)sc%10ccccc%10%11)nc(-c%10ccc%11c(c%10)sc%10ccccc%10%11)n9)c8c7c6)ccc5n(-c5ccccc5)c4c32)cc1. The van der Waals surface area contributed by atoms with Crippen LogP contribution < -0.4 is 0 Å². The third kappa shape index (κ3) is 6.43. The van der Waals surface area contributed by atoms with E-state index in [1.54, 1.807) is 22.7 Å². The fourth-order valence-corrected chi connectivity index (χ4v) is 14.4. The molecule has 358 valence electrons. The van der Waals surface area contributed by atoms with Gasteiger partial charge in [0.05, 0.1) is 22.1 Å². The van der Waals surface area contributed by atoms with Crippen molar-refractivity contribution < 1.29 is 4.42 Å². The van der Waals surface area contributed by atoms with Crippen LogP contribution in [0.1, 0.15) is 0 Å². The van der Waals surface area contributed by atoms with Gasteiger partial charge in [-0.25, -0.2) is 15.0 Å². The van der Waals surface area contributed by atoms with Gasteiger partial charge in [-0.1, -0.05) is 152 Å². The van der Waals surface area contributed by atoms with Gasteiger partial charge in [0.1, 0.15) is 11.2 Å². The Kier molecular flexibility index (Phi) is 9.07. The summed E-state index contributed by atoms with van der Waals surface area (Å²) in [5, 5.41) is 11.8. The first-order valence-corrected chi connectivity index (χ1v) is 27.5. The number of furan rings is 1. The van der Waals surface area contributed by atoms with Crippen molar-refractivity contribution in [2.45, 2.75) is 0 Å². The Morgan fingerprint density at radius 1 is 0.299 bits per heavy atom. The molecule has 6 heterocycles. The molecular weight excluding hydrogens is 979 g/mol. The van der Waals surface area contributed by atoms with E-state index in [1.807, 2.05) is 12.1 Å². The van der Waals surface area contributed by atoms with Crippen molar-refractivity contribution in [2.24, 2.45) is 0 Å². The van der Waals surface area contributed by atoms with Crippen LogP contribution in [0.25, 0.3) is 163 Å². The quantitative estimate of drug-likeness (QED) is 0.166. The van der Waals surface area contributed by atoms with E-state index in [9.17, 15) is 0 Å². The Morgan fingerprint density at radius 3 is 1.42 bits per heavy atom. The third-order valence-electron chi connectivity index (χ3n) is 15.6. The second kappa shape index (κ2) is 16.4. The molecule has 0 unspecified atom stereocenters. The Balaban J connectivity index is 0.862. The van der Waals surface area contributed by atoms with E-state index in [4.69, 9.17) is 19.4 Å². The predicted octanol–water partition coefficient (Wildman–Crippen LogP) is 19.4. The first-order chi connectivity index (χ1) is 38.1. The summed E-state index contributed by atoms with van der Waals surface area (Å²) in [6.07, 6.45) is 0. The zero-order valence-corrected chi connectivity index (χ0v) is 42.6. The molecule has 11 aromatic carbocycles. The molecule has 77 heavy (non-hydrogen) atoms. The van der Waals surface area contributed by atoms with Crippen molar-refractivity contribution >= 4 is 129 Å². The van der Waals surface area contributed by atoms with Crippen LogP contribution in [-0.2, 0) is 0 Å². The van der Waals surface area contributed by atoms with Gasteiger partial charge < -0.3 is 13.6 Å². The van der Waals surface area contributed by atoms with Gasteiger partial charge in [-0.2, -0.15) is 0 Å². The summed E-state index contributed by atoms with van der Waals surface area (Å²) in [5.41, 5.74) is 13.4. The monoisotopic (exact) mass is 1020 g/mol. The maximum absolute atomic E-state index is 6.71. The molecule has 0 aliphatic rings. The zero-order valence-electron chi connectivity index (χ0n) is 41.0. The summed E-state index contributed by atoms with van der Waals surface area (Å²) in [5.74, 6) is 1.83. The average Bonchev–Trinajstić information content (AvgIpc) is 4.51. The van der Waals surface area contributed by atoms with E-state index < -0.39 is 0 Å². The van der Waals surface area contributed by atoms with Crippen LogP contribution >= 0.6 is 22.7 Å². The van der Waals surface area contributed by atoms with Crippen molar-refractivity contribution in [3.8, 4) is 56.7 Å². The lowest BCUT2D eigenvalue weighted by atomic mass is 9.99. The number of fused-ring (bicyclic) bond motifs is 16. The number of hydrogen-bond donors (Lipinski definition) is 0. The lowest BCUT2D eigenvalue weighted by Crippen LogP contribution is -2.00. The molecule has 6 aromatic heterocycles. The first-order valence-electron chi connectivity index (χ1n) is 25.8. The highest BCUT2D eigenvalue weighted by Gasteiger charge is 2.24. The van der Waals surface area contributed by atoms with E-state index >= 15 is 0 Å². The van der Waals surface area contributed by atoms with Gasteiger partial charge in [-0.15, -0.1) is 22.7 Å². The number of hydrogen-bond acceptors (Lipinski definition) is 6. The molecule has 0 N–H and O–H groups in total. The summed E-state index contributed by atoms with van der Waals surface area (Å²) in [6.45, 7) is 0. The summed E-state index contributed by atoms with van der Waals surface area (Å²) in [6, 6.07) is 85.0. The fraction of sp³-hybridized carbons (Fsp3) is 0. The van der Waals surface area contributed by atoms with Crippen LogP contribution in [-0.4, -0.2) is 24.1 Å². The smallest absolute Gasteiger partial charge is 0.164 e. The molecule has 0 fully saturated rings. The molecule has 17 aromatic rings. The Hall–Kier alpha value is -9.73. The lowest BCUT2D eigenvalue weighted by Gasteiger charge is -2.12. The van der Waals surface area contributed by atoms with E-state index in [0.29, 0.717) is 17.5 Å². The molecule has 0 amide bonds. The standard InChI is InChI=1S/C69H39N5OS2/c1-3-14-44(15-4-1)73-56-22-10-7-18-46(56)51-32-33-52-54-36-40(28-34-57(54)74(66(52)65(51)73)45-16-5-2-6-17-45)41-29-35-58-55(37-41)64-53(21-13-23-59(64)75-58)69-71-67(42-26-30-49-47-19-8-11-24-60(47)76-62(49)38-42)70-68(72-69)43-27-31-50-48-20-9-12-25-61(48)77-63(50)39-43/h1-39H. The highest BCUT2D eigenvalue weighted by Crippen LogP contribution is 2.45. The largest absolute Gasteiger partial charge is 0.456 e. The summed E-state index contributed by atoms with van der Waals surface area (Å²) in [4.78, 5) is 16.0. The lowest BCUT2D eigenvalue weighted by molar-refractivity contribution is 0.669. The normalized spacial score (nSPS) is 12.2. The maximum atomic E-state index is 6.71. The molecular formula is C69H39N5OS2. The van der Waals surface area contributed by atoms with E-state index in [0.717, 1.165) is 66.6 Å². The number of thiophene rings is 2. The molecule has 0 bridgehead atoms. The maximum Gasteiger partial charge on any atom is 0.164 e. The number of para-hydroxylation sites is 3. The Labute approximate surface area is 447 Å². The van der Waals surface area contributed by atoms with Crippen LogP contribution in [0.4, 0.5) is 0 Å². The molecule has 8 heteroatoms. The van der Waals surface area contributed by atoms with Crippen LogP contribution in [0.2, 0.25) is 0 Å². The van der Waals surface area contributed by atoms with Crippen LogP contribution in [0.3, 0.4) is 0 Å². The molecule has 0 saturated heterocycles. The highest BCUT2D eigenvalue weighted by atomic mass is 32.1. The van der Waals surface area contributed by atoms with Gasteiger partial charge in [0.2, 0.25) is 0 Å². The first kappa shape index (κ1) is 42.6. The van der Waals surface area contributed by atoms with E-state index in [2.05, 4.69) is 234 Å². The van der Waals surface area contributed by atoms with Gasteiger partial charge in [0, 0.05) is 101 Å². The van der Waals surface area contributed by atoms with Gasteiger partial charge in [0.25, 0.3) is 0 Å². The molecule has 17 rings (SSSR count). The van der Waals surface area contributed by atoms with Crippen molar-refractivity contribution in [1.82, 2.24) is 24.1 Å². The zero-order chi connectivity index (χ0) is 50.3. The summed E-state index contributed by atoms with van der Waals surface area (Å²) in [7, 11) is 0. The predicted molar refractivity (Wildman–Crippen MR) is 323 cm³/mol. The summed E-state index contributed by atoms with van der Waals surface area (Å²) >= 11 is 3.59. The average molecular weight is 1020 g/mol. The van der Waals surface area contributed by atoms with Gasteiger partial charge in [0.15, 0.2) is 17.5 Å². The molecule has 0 spiro atoms. The van der Waals surface area contributed by atoms with Crippen molar-refractivity contribution in [3.63, 3.8) is 0 Å². The number of rotatable bonds is 6. The molecule has 0 aliphatic heterocycles. The van der Waals surface area contributed by atoms with Crippen molar-refractivity contribution in [1.29, 1.82) is 0 Å². The van der Waals surface area contributed by atoms with Crippen LogP contribution in [0.5, 0.6) is 0 Å². The molecule has 6 nitrogen and oxygen atoms in total. The second-order valence-electron chi connectivity index (χ2n) is 19.9. The third-order valence-corrected chi connectivity index (χ3v) is 17.8. The minimum Gasteiger partial charge on any atom is -0.456 e. The van der Waals surface area contributed by atoms with Crippen molar-refractivity contribution in [2.75, 3.05) is 0 Å². The minimum atomic E-state index is 0.589. The Morgan fingerprint density at radius 2 is 0.779 bits per heavy atom. The van der Waals surface area contributed by atoms with Crippen LogP contribution in [0, 0.1) is 0 Å². The second-order valence-corrected chi connectivity index (χ2v) is 22.0. The molecule has 0 aliphatic carbocycles. The van der Waals surface area contributed by atoms with Gasteiger partial charge in [-0.3, -0.25) is 0 Å². The Bertz CT molecular complexity index is 5160. The van der Waals surface area contributed by atoms with E-state index in [1.165, 1.54) is 78.4 Å². The number of nitrogens with zero attached hydrogens (tertiary/aromatic N) is 5. The number of aromatic nitrogens is 5. The van der Waals surface area contributed by atoms with Crippen LogP contribution in [0.15, 0.2) is 241 Å². The molecule has 0 radical (unpaired) electrons. The molecule has 0 atom stereocenters. The topological polar surface area (TPSA) is 61.7 Å². The number of benzene rings is 11.